The third-order valence-corrected chi connectivity index (χ3v) is 4.31. The number of urea groups is 1. The van der Waals surface area contributed by atoms with E-state index >= 15 is 0 Å². The zero-order chi connectivity index (χ0) is 15.4. The van der Waals surface area contributed by atoms with Crippen molar-refractivity contribution in [2.45, 2.75) is 72.3 Å². The second-order valence-corrected chi connectivity index (χ2v) is 7.27. The minimum atomic E-state index is -0.334. The molecule has 0 aromatic rings. The molecular formula is C15H29N3O2. The lowest BCUT2D eigenvalue weighted by Gasteiger charge is -2.47. The van der Waals surface area contributed by atoms with Crippen molar-refractivity contribution in [1.29, 1.82) is 0 Å². The fraction of sp³-hybridized carbons (Fsp3) is 0.867. The smallest absolute Gasteiger partial charge is 0.329 e. The molecule has 1 fully saturated rings. The molecule has 2 unspecified atom stereocenters. The second-order valence-electron chi connectivity index (χ2n) is 7.27. The number of Topliss-reactive ketones (excluding diaryl/α,β-unsaturated/α-hetero) is 1. The van der Waals surface area contributed by atoms with E-state index in [1.54, 1.807) is 0 Å². The van der Waals surface area contributed by atoms with Gasteiger partial charge in [0, 0.05) is 18.9 Å². The molecule has 5 heteroatoms. The lowest BCUT2D eigenvalue weighted by atomic mass is 9.61. The van der Waals surface area contributed by atoms with Crippen molar-refractivity contribution >= 4 is 11.8 Å². The third-order valence-electron chi connectivity index (χ3n) is 4.31. The maximum Gasteiger partial charge on any atom is 0.329 e. The summed E-state index contributed by atoms with van der Waals surface area (Å²) < 4.78 is 0. The molecular weight excluding hydrogens is 254 g/mol. The number of hydrogen-bond donors (Lipinski definition) is 3. The summed E-state index contributed by atoms with van der Waals surface area (Å²) in [5, 5.41) is 2.92. The van der Waals surface area contributed by atoms with E-state index in [0.717, 1.165) is 25.7 Å². The molecule has 116 valence electrons. The standard InChI is InChI=1S/C15H29N3O2/c1-5-12(19)6-7-15(4)9-11(17-13(20)18-16)8-14(2,3)10-15/h11H,5-10,16H2,1-4H3,(H2,17,18,20). The van der Waals surface area contributed by atoms with Crippen LogP contribution in [0.2, 0.25) is 0 Å². The fourth-order valence-electron chi connectivity index (χ4n) is 3.77. The van der Waals surface area contributed by atoms with Crippen LogP contribution >= 0.6 is 0 Å². The second kappa shape index (κ2) is 6.57. The van der Waals surface area contributed by atoms with E-state index < -0.39 is 0 Å². The molecule has 0 bridgehead atoms. The maximum absolute atomic E-state index is 11.6. The molecule has 0 heterocycles. The molecule has 0 aromatic heterocycles. The van der Waals surface area contributed by atoms with Crippen molar-refractivity contribution in [1.82, 2.24) is 10.7 Å². The van der Waals surface area contributed by atoms with Gasteiger partial charge in [-0.05, 0) is 36.5 Å². The molecule has 5 nitrogen and oxygen atoms in total. The maximum atomic E-state index is 11.6. The number of rotatable bonds is 5. The van der Waals surface area contributed by atoms with E-state index in [0.29, 0.717) is 18.6 Å². The summed E-state index contributed by atoms with van der Waals surface area (Å²) in [6, 6.07) is -0.219. The number of carbonyl (C=O) groups excluding carboxylic acids is 2. The first-order chi connectivity index (χ1) is 9.19. The zero-order valence-corrected chi connectivity index (χ0v) is 13.2. The van der Waals surface area contributed by atoms with Gasteiger partial charge in [0.1, 0.15) is 5.78 Å². The van der Waals surface area contributed by atoms with Gasteiger partial charge >= 0.3 is 6.03 Å². The van der Waals surface area contributed by atoms with E-state index in [-0.39, 0.29) is 22.9 Å². The lowest BCUT2D eigenvalue weighted by Crippen LogP contribution is -2.51. The Hall–Kier alpha value is -1.10. The average Bonchev–Trinajstić information content (AvgIpc) is 2.33. The number of carbonyl (C=O) groups is 2. The SMILES string of the molecule is CCC(=O)CCC1(C)CC(NC(=O)NN)CC(C)(C)C1. The van der Waals surface area contributed by atoms with Gasteiger partial charge in [0.25, 0.3) is 0 Å². The summed E-state index contributed by atoms with van der Waals surface area (Å²) in [5.41, 5.74) is 2.38. The Morgan fingerprint density at radius 3 is 2.45 bits per heavy atom. The van der Waals surface area contributed by atoms with Crippen LogP contribution in [0, 0.1) is 10.8 Å². The van der Waals surface area contributed by atoms with Gasteiger partial charge in [-0.15, -0.1) is 0 Å². The van der Waals surface area contributed by atoms with Gasteiger partial charge in [0.05, 0.1) is 0 Å². The molecule has 2 amide bonds. The summed E-state index contributed by atoms with van der Waals surface area (Å²) in [4.78, 5) is 23.0. The van der Waals surface area contributed by atoms with Crippen LogP contribution in [-0.4, -0.2) is 17.9 Å². The highest BCUT2D eigenvalue weighted by atomic mass is 16.2. The van der Waals surface area contributed by atoms with Crippen LogP contribution in [0.3, 0.4) is 0 Å². The summed E-state index contributed by atoms with van der Waals surface area (Å²) >= 11 is 0. The quantitative estimate of drug-likeness (QED) is 0.412. The highest BCUT2D eigenvalue weighted by Gasteiger charge is 2.41. The zero-order valence-electron chi connectivity index (χ0n) is 13.2. The molecule has 1 saturated carbocycles. The first kappa shape index (κ1) is 17.0. The first-order valence-corrected chi connectivity index (χ1v) is 7.48. The molecule has 1 rings (SSSR count). The molecule has 1 aliphatic carbocycles. The van der Waals surface area contributed by atoms with E-state index in [4.69, 9.17) is 5.84 Å². The van der Waals surface area contributed by atoms with Gasteiger partial charge in [-0.3, -0.25) is 10.2 Å². The minimum absolute atomic E-state index is 0.0964. The molecule has 0 aliphatic heterocycles. The molecule has 0 spiro atoms. The Bertz CT molecular complexity index is 368. The Kier molecular flexibility index (Phi) is 5.57. The number of amides is 2. The topological polar surface area (TPSA) is 84.2 Å². The highest BCUT2D eigenvalue weighted by molar-refractivity contribution is 5.78. The molecule has 0 radical (unpaired) electrons. The lowest BCUT2D eigenvalue weighted by molar-refractivity contribution is -0.119. The number of ketones is 1. The predicted molar refractivity (Wildman–Crippen MR) is 79.9 cm³/mol. The number of nitrogens with two attached hydrogens (primary N) is 1. The Balaban J connectivity index is 2.70. The van der Waals surface area contributed by atoms with Crippen molar-refractivity contribution in [2.75, 3.05) is 0 Å². The molecule has 0 saturated heterocycles. The summed E-state index contributed by atoms with van der Waals surface area (Å²) in [6.45, 7) is 8.58. The predicted octanol–water partition coefficient (Wildman–Crippen LogP) is 2.50. The molecule has 4 N–H and O–H groups in total. The van der Waals surface area contributed by atoms with Gasteiger partial charge in [-0.2, -0.15) is 0 Å². The van der Waals surface area contributed by atoms with Crippen LogP contribution in [0.5, 0.6) is 0 Å². The van der Waals surface area contributed by atoms with E-state index in [9.17, 15) is 9.59 Å². The average molecular weight is 283 g/mol. The van der Waals surface area contributed by atoms with Crippen LogP contribution < -0.4 is 16.6 Å². The summed E-state index contributed by atoms with van der Waals surface area (Å²) in [5.74, 6) is 5.45. The largest absolute Gasteiger partial charge is 0.334 e. The Morgan fingerprint density at radius 2 is 1.90 bits per heavy atom. The van der Waals surface area contributed by atoms with E-state index in [1.165, 1.54) is 0 Å². The van der Waals surface area contributed by atoms with Crippen molar-refractivity contribution in [3.8, 4) is 0 Å². The van der Waals surface area contributed by atoms with Gasteiger partial charge in [-0.1, -0.05) is 27.7 Å². The number of hydrogen-bond acceptors (Lipinski definition) is 3. The normalized spacial score (nSPS) is 28.8. The van der Waals surface area contributed by atoms with Crippen LogP contribution in [0.4, 0.5) is 4.79 Å². The van der Waals surface area contributed by atoms with Gasteiger partial charge < -0.3 is 5.32 Å². The van der Waals surface area contributed by atoms with Gasteiger partial charge in [0.15, 0.2) is 0 Å². The Morgan fingerprint density at radius 1 is 1.25 bits per heavy atom. The van der Waals surface area contributed by atoms with E-state index in [2.05, 4.69) is 31.5 Å². The van der Waals surface area contributed by atoms with Crippen LogP contribution in [0.1, 0.15) is 66.2 Å². The van der Waals surface area contributed by atoms with Crippen molar-refractivity contribution < 1.29 is 9.59 Å². The fourth-order valence-corrected chi connectivity index (χ4v) is 3.77. The van der Waals surface area contributed by atoms with Crippen LogP contribution in [0.15, 0.2) is 0 Å². The summed E-state index contributed by atoms with van der Waals surface area (Å²) in [6.07, 6.45) is 5.07. The van der Waals surface area contributed by atoms with Crippen molar-refractivity contribution in [2.24, 2.45) is 16.7 Å². The molecule has 0 aromatic carbocycles. The van der Waals surface area contributed by atoms with Gasteiger partial charge in [0.2, 0.25) is 0 Å². The van der Waals surface area contributed by atoms with Crippen molar-refractivity contribution in [3.05, 3.63) is 0 Å². The monoisotopic (exact) mass is 283 g/mol. The summed E-state index contributed by atoms with van der Waals surface area (Å²) in [7, 11) is 0. The Labute approximate surface area is 122 Å². The minimum Gasteiger partial charge on any atom is -0.334 e. The third kappa shape index (κ3) is 5.12. The van der Waals surface area contributed by atoms with Crippen LogP contribution in [0.25, 0.3) is 0 Å². The highest BCUT2D eigenvalue weighted by Crippen LogP contribution is 2.48. The molecule has 20 heavy (non-hydrogen) atoms. The van der Waals surface area contributed by atoms with Crippen molar-refractivity contribution in [3.63, 3.8) is 0 Å². The number of nitrogens with one attached hydrogen (secondary N) is 2. The van der Waals surface area contributed by atoms with Crippen LogP contribution in [-0.2, 0) is 4.79 Å². The van der Waals surface area contributed by atoms with E-state index in [1.807, 2.05) is 6.92 Å². The number of hydrazine groups is 1. The molecule has 2 atom stereocenters. The van der Waals surface area contributed by atoms with Gasteiger partial charge in [-0.25, -0.2) is 10.6 Å². The molecule has 1 aliphatic rings. The first-order valence-electron chi connectivity index (χ1n) is 7.48.